The third-order valence-electron chi connectivity index (χ3n) is 2.76. The summed E-state index contributed by atoms with van der Waals surface area (Å²) >= 11 is 0. The van der Waals surface area contributed by atoms with Gasteiger partial charge in [-0.3, -0.25) is 0 Å². The largest absolute Gasteiger partial charge is 0.394 e. The molecule has 0 aromatic heterocycles. The van der Waals surface area contributed by atoms with Crippen molar-refractivity contribution in [1.29, 1.82) is 0 Å². The molecule has 2 aliphatic heterocycles. The van der Waals surface area contributed by atoms with Crippen molar-refractivity contribution in [3.8, 4) is 0 Å². The average molecular weight is 245 g/mol. The first-order valence-corrected chi connectivity index (χ1v) is 5.14. The molecule has 17 heavy (non-hydrogen) atoms. The molecule has 1 saturated heterocycles. The van der Waals surface area contributed by atoms with Gasteiger partial charge in [0.2, 0.25) is 6.35 Å². The van der Waals surface area contributed by atoms with E-state index in [9.17, 15) is 15.3 Å². The molecule has 0 saturated carbocycles. The average Bonchev–Trinajstić information content (AvgIpc) is 2.57. The second-order valence-electron chi connectivity index (χ2n) is 3.89. The number of amidine groups is 1. The number of rotatable bonds is 2. The molecular formula is C9H15N3O5. The standard InChI is InChI=1S/C9H15N3O5/c10-5-1-2-12(9(16)11-5)8-7(15)6(14)4(3-13)17-8/h1-2,4,6-9,13-16H,3H2,(H2,10,11)/t4-,6-,7+,8-,9?/m1/s1. The minimum Gasteiger partial charge on any atom is -0.394 e. The maximum absolute atomic E-state index is 9.74. The van der Waals surface area contributed by atoms with Crippen molar-refractivity contribution in [3.05, 3.63) is 12.3 Å². The Hall–Kier alpha value is -1.19. The van der Waals surface area contributed by atoms with Gasteiger partial charge in [0.25, 0.3) is 0 Å². The van der Waals surface area contributed by atoms with Crippen LogP contribution in [0, 0.1) is 0 Å². The monoisotopic (exact) mass is 245 g/mol. The number of aliphatic hydroxyl groups excluding tert-OH is 4. The topological polar surface area (TPSA) is 132 Å². The molecule has 8 nitrogen and oxygen atoms in total. The Bertz CT molecular complexity index is 348. The Morgan fingerprint density at radius 1 is 1.35 bits per heavy atom. The van der Waals surface area contributed by atoms with Gasteiger partial charge >= 0.3 is 0 Å². The second kappa shape index (κ2) is 4.59. The molecule has 0 spiro atoms. The Labute approximate surface area is 97.2 Å². The summed E-state index contributed by atoms with van der Waals surface area (Å²) in [5.41, 5.74) is 5.39. The molecule has 0 aromatic carbocycles. The summed E-state index contributed by atoms with van der Waals surface area (Å²) in [6, 6.07) is 0. The van der Waals surface area contributed by atoms with E-state index >= 15 is 0 Å². The Morgan fingerprint density at radius 3 is 2.59 bits per heavy atom. The van der Waals surface area contributed by atoms with E-state index in [4.69, 9.17) is 15.6 Å². The summed E-state index contributed by atoms with van der Waals surface area (Å²) in [5.74, 6) is 0.153. The summed E-state index contributed by atoms with van der Waals surface area (Å²) in [4.78, 5) is 4.88. The lowest BCUT2D eigenvalue weighted by Crippen LogP contribution is -2.47. The first kappa shape index (κ1) is 12.3. The predicted octanol–water partition coefficient (Wildman–Crippen LogP) is -3.11. The van der Waals surface area contributed by atoms with E-state index in [-0.39, 0.29) is 5.84 Å². The van der Waals surface area contributed by atoms with Gasteiger partial charge in [0.1, 0.15) is 24.1 Å². The molecule has 0 aliphatic carbocycles. The fourth-order valence-corrected chi connectivity index (χ4v) is 1.83. The molecule has 96 valence electrons. The fraction of sp³-hybridized carbons (Fsp3) is 0.667. The zero-order valence-electron chi connectivity index (χ0n) is 8.92. The van der Waals surface area contributed by atoms with Crippen LogP contribution < -0.4 is 5.73 Å². The smallest absolute Gasteiger partial charge is 0.229 e. The molecule has 2 rings (SSSR count). The van der Waals surface area contributed by atoms with Crippen LogP contribution in [0.25, 0.3) is 0 Å². The van der Waals surface area contributed by atoms with Crippen LogP contribution in [0.4, 0.5) is 0 Å². The first-order chi connectivity index (χ1) is 8.04. The van der Waals surface area contributed by atoms with Gasteiger partial charge < -0.3 is 35.8 Å². The van der Waals surface area contributed by atoms with Crippen molar-refractivity contribution in [3.63, 3.8) is 0 Å². The van der Waals surface area contributed by atoms with Crippen molar-refractivity contribution in [2.24, 2.45) is 10.7 Å². The number of nitrogens with zero attached hydrogens (tertiary/aromatic N) is 2. The highest BCUT2D eigenvalue weighted by atomic mass is 16.6. The van der Waals surface area contributed by atoms with E-state index in [0.717, 1.165) is 0 Å². The van der Waals surface area contributed by atoms with Gasteiger partial charge in [-0.15, -0.1) is 0 Å². The van der Waals surface area contributed by atoms with Crippen molar-refractivity contribution in [2.75, 3.05) is 6.61 Å². The molecule has 2 heterocycles. The fourth-order valence-electron chi connectivity index (χ4n) is 1.83. The number of nitrogens with two attached hydrogens (primary N) is 1. The van der Waals surface area contributed by atoms with Crippen LogP contribution in [0.5, 0.6) is 0 Å². The van der Waals surface area contributed by atoms with Crippen LogP contribution in [0.2, 0.25) is 0 Å². The Morgan fingerprint density at radius 2 is 2.06 bits per heavy atom. The molecule has 0 bridgehead atoms. The molecule has 0 amide bonds. The molecule has 0 radical (unpaired) electrons. The summed E-state index contributed by atoms with van der Waals surface area (Å²) < 4.78 is 5.23. The van der Waals surface area contributed by atoms with Gasteiger partial charge in [-0.05, 0) is 6.08 Å². The highest BCUT2D eigenvalue weighted by Crippen LogP contribution is 2.26. The highest BCUT2D eigenvalue weighted by Gasteiger charge is 2.46. The van der Waals surface area contributed by atoms with Crippen molar-refractivity contribution in [2.45, 2.75) is 30.9 Å². The van der Waals surface area contributed by atoms with E-state index in [1.54, 1.807) is 0 Å². The zero-order chi connectivity index (χ0) is 12.6. The zero-order valence-corrected chi connectivity index (χ0v) is 8.92. The van der Waals surface area contributed by atoms with E-state index in [1.807, 2.05) is 0 Å². The summed E-state index contributed by atoms with van der Waals surface area (Å²) in [7, 11) is 0. The third kappa shape index (κ3) is 2.13. The number of aliphatic hydroxyl groups is 4. The van der Waals surface area contributed by atoms with Crippen LogP contribution in [0.3, 0.4) is 0 Å². The molecule has 8 heteroatoms. The van der Waals surface area contributed by atoms with Crippen LogP contribution in [-0.2, 0) is 4.74 Å². The van der Waals surface area contributed by atoms with Gasteiger partial charge in [0, 0.05) is 6.20 Å². The number of aliphatic imine (C=N–C) groups is 1. The van der Waals surface area contributed by atoms with Crippen LogP contribution in [-0.4, -0.2) is 68.7 Å². The minimum atomic E-state index is -1.29. The lowest BCUT2D eigenvalue weighted by atomic mass is 10.1. The van der Waals surface area contributed by atoms with Crippen LogP contribution >= 0.6 is 0 Å². The van der Waals surface area contributed by atoms with Gasteiger partial charge in [-0.2, -0.15) is 0 Å². The molecule has 1 fully saturated rings. The molecule has 0 aromatic rings. The van der Waals surface area contributed by atoms with Gasteiger partial charge in [-0.25, -0.2) is 4.99 Å². The number of hydrogen-bond acceptors (Lipinski definition) is 8. The van der Waals surface area contributed by atoms with Crippen molar-refractivity contribution in [1.82, 2.24) is 4.90 Å². The minimum absolute atomic E-state index is 0.153. The van der Waals surface area contributed by atoms with E-state index < -0.39 is 37.5 Å². The van der Waals surface area contributed by atoms with Crippen molar-refractivity contribution < 1.29 is 25.2 Å². The summed E-state index contributed by atoms with van der Waals surface area (Å²) in [6.45, 7) is -0.423. The van der Waals surface area contributed by atoms with Crippen LogP contribution in [0.1, 0.15) is 0 Å². The quantitative estimate of drug-likeness (QED) is 0.348. The second-order valence-corrected chi connectivity index (χ2v) is 3.89. The molecule has 1 unspecified atom stereocenters. The SMILES string of the molecule is NC1=NC(O)N([C@@H]2O[C@H](CO)[C@@H](O)[C@@H]2O)C=C1. The Balaban J connectivity index is 2.12. The maximum atomic E-state index is 9.74. The lowest BCUT2D eigenvalue weighted by Gasteiger charge is -2.32. The van der Waals surface area contributed by atoms with E-state index in [1.165, 1.54) is 17.2 Å². The van der Waals surface area contributed by atoms with Gasteiger partial charge in [-0.1, -0.05) is 0 Å². The maximum Gasteiger partial charge on any atom is 0.229 e. The predicted molar refractivity (Wildman–Crippen MR) is 56.4 cm³/mol. The first-order valence-electron chi connectivity index (χ1n) is 5.14. The van der Waals surface area contributed by atoms with Crippen LogP contribution in [0.15, 0.2) is 17.3 Å². The van der Waals surface area contributed by atoms with Gasteiger partial charge in [0.15, 0.2) is 6.23 Å². The third-order valence-corrected chi connectivity index (χ3v) is 2.76. The van der Waals surface area contributed by atoms with E-state index in [0.29, 0.717) is 0 Å². The highest BCUT2D eigenvalue weighted by molar-refractivity contribution is 5.91. The molecule has 6 N–H and O–H groups in total. The van der Waals surface area contributed by atoms with Crippen molar-refractivity contribution >= 4 is 5.84 Å². The summed E-state index contributed by atoms with van der Waals surface area (Å²) in [5, 5.41) is 37.9. The number of hydrogen-bond donors (Lipinski definition) is 5. The van der Waals surface area contributed by atoms with E-state index in [2.05, 4.69) is 4.99 Å². The molecule has 5 atom stereocenters. The summed E-state index contributed by atoms with van der Waals surface area (Å²) in [6.07, 6.45) is -2.78. The normalized spacial score (nSPS) is 41.8. The lowest BCUT2D eigenvalue weighted by molar-refractivity contribution is -0.129. The number of ether oxygens (including phenoxy) is 1. The van der Waals surface area contributed by atoms with Gasteiger partial charge in [0.05, 0.1) is 6.61 Å². The Kier molecular flexibility index (Phi) is 3.31. The molecular weight excluding hydrogens is 230 g/mol. The molecule has 2 aliphatic rings.